The number of para-hydroxylation sites is 1. The van der Waals surface area contributed by atoms with Crippen molar-refractivity contribution in [2.75, 3.05) is 7.11 Å². The van der Waals surface area contributed by atoms with Crippen LogP contribution in [0.15, 0.2) is 29.2 Å². The third kappa shape index (κ3) is 3.62. The third-order valence-corrected chi connectivity index (χ3v) is 6.06. The Morgan fingerprint density at radius 2 is 1.76 bits per heavy atom. The molecule has 1 aliphatic rings. The first kappa shape index (κ1) is 20.9. The molecule has 2 amide bonds. The average molecular weight is 413 g/mol. The van der Waals surface area contributed by atoms with Gasteiger partial charge in [-0.2, -0.15) is 0 Å². The Hall–Kier alpha value is -2.80. The van der Waals surface area contributed by atoms with Crippen molar-refractivity contribution in [3.8, 4) is 5.69 Å². The van der Waals surface area contributed by atoms with E-state index in [2.05, 4.69) is 35.3 Å². The van der Waals surface area contributed by atoms with Crippen LogP contribution in [-0.2, 0) is 14.3 Å². The van der Waals surface area contributed by atoms with Gasteiger partial charge in [0.2, 0.25) is 0 Å². The van der Waals surface area contributed by atoms with Gasteiger partial charge in [0.25, 0.3) is 11.1 Å². The molecule has 1 atom stereocenters. The van der Waals surface area contributed by atoms with Gasteiger partial charge in [-0.1, -0.05) is 18.2 Å². The standard InChI is InChI=1S/C22H24N2O4S/c1-12-8-7-9-13(2)19(12)23-14(3)10-17(15(23)4)11-18-20(25)24(22(27)29-18)16(5)21(26)28-6/h7-11,16H,1-6H3/b18-11+/t16-/m1/s1. The number of methoxy groups -OCH3 is 1. The van der Waals surface area contributed by atoms with Gasteiger partial charge in [-0.05, 0) is 75.2 Å². The highest BCUT2D eigenvalue weighted by molar-refractivity contribution is 8.18. The number of aryl methyl sites for hydroxylation is 3. The fourth-order valence-corrected chi connectivity index (χ4v) is 4.57. The number of nitrogens with zero attached hydrogens (tertiary/aromatic N) is 2. The van der Waals surface area contributed by atoms with Crippen LogP contribution in [0.3, 0.4) is 0 Å². The predicted octanol–water partition coefficient (Wildman–Crippen LogP) is 4.31. The van der Waals surface area contributed by atoms with Crippen molar-refractivity contribution in [2.24, 2.45) is 0 Å². The van der Waals surface area contributed by atoms with Crippen molar-refractivity contribution < 1.29 is 19.1 Å². The molecule has 1 aromatic carbocycles. The number of thioether (sulfide) groups is 1. The van der Waals surface area contributed by atoms with E-state index in [0.29, 0.717) is 4.91 Å². The molecule has 0 N–H and O–H groups in total. The molecule has 1 saturated heterocycles. The Morgan fingerprint density at radius 3 is 2.34 bits per heavy atom. The fourth-order valence-electron chi connectivity index (χ4n) is 3.67. The van der Waals surface area contributed by atoms with Crippen LogP contribution in [0.2, 0.25) is 0 Å². The molecule has 7 heteroatoms. The van der Waals surface area contributed by atoms with Gasteiger partial charge in [0.15, 0.2) is 0 Å². The van der Waals surface area contributed by atoms with E-state index in [0.717, 1.165) is 50.4 Å². The molecule has 0 bridgehead atoms. The number of aromatic nitrogens is 1. The lowest BCUT2D eigenvalue weighted by Crippen LogP contribution is -2.42. The van der Waals surface area contributed by atoms with E-state index in [4.69, 9.17) is 0 Å². The van der Waals surface area contributed by atoms with Crippen LogP contribution in [0.25, 0.3) is 11.8 Å². The maximum atomic E-state index is 12.8. The lowest BCUT2D eigenvalue weighted by molar-refractivity contribution is -0.148. The second kappa shape index (κ2) is 7.91. The molecule has 0 spiro atoms. The SMILES string of the molecule is COC(=O)[C@@H](C)N1C(=O)S/C(=C/c2cc(C)n(-c3c(C)cccc3C)c2C)C1=O. The second-order valence-corrected chi connectivity index (χ2v) is 8.15. The minimum atomic E-state index is -0.958. The van der Waals surface area contributed by atoms with Crippen molar-refractivity contribution in [2.45, 2.75) is 40.7 Å². The van der Waals surface area contributed by atoms with E-state index in [1.807, 2.05) is 26.0 Å². The first-order valence-electron chi connectivity index (χ1n) is 9.27. The number of carbonyl (C=O) groups is 3. The molecule has 0 unspecified atom stereocenters. The summed E-state index contributed by atoms with van der Waals surface area (Å²) in [6, 6.07) is 7.21. The zero-order chi connectivity index (χ0) is 21.5. The number of hydrogen-bond donors (Lipinski definition) is 0. The van der Waals surface area contributed by atoms with Crippen molar-refractivity contribution in [1.29, 1.82) is 0 Å². The topological polar surface area (TPSA) is 68.6 Å². The van der Waals surface area contributed by atoms with Gasteiger partial charge in [0.05, 0.1) is 17.7 Å². The molecule has 1 aliphatic heterocycles. The Balaban J connectivity index is 2.02. The summed E-state index contributed by atoms with van der Waals surface area (Å²) in [5.41, 5.74) is 6.31. The Bertz CT molecular complexity index is 1030. The molecule has 0 aliphatic carbocycles. The minimum Gasteiger partial charge on any atom is -0.467 e. The highest BCUT2D eigenvalue weighted by atomic mass is 32.2. The highest BCUT2D eigenvalue weighted by Crippen LogP contribution is 2.35. The maximum Gasteiger partial charge on any atom is 0.328 e. The zero-order valence-corrected chi connectivity index (χ0v) is 18.2. The smallest absolute Gasteiger partial charge is 0.328 e. The lowest BCUT2D eigenvalue weighted by Gasteiger charge is -2.18. The molecule has 29 heavy (non-hydrogen) atoms. The molecule has 6 nitrogen and oxygen atoms in total. The first-order chi connectivity index (χ1) is 13.7. The highest BCUT2D eigenvalue weighted by Gasteiger charge is 2.41. The number of ether oxygens (including phenoxy) is 1. The second-order valence-electron chi connectivity index (χ2n) is 7.15. The summed E-state index contributed by atoms with van der Waals surface area (Å²) in [5, 5.41) is -0.470. The molecule has 0 saturated carbocycles. The van der Waals surface area contributed by atoms with Crippen LogP contribution in [0.1, 0.15) is 35.0 Å². The van der Waals surface area contributed by atoms with Crippen molar-refractivity contribution >= 4 is 35.0 Å². The van der Waals surface area contributed by atoms with E-state index in [-0.39, 0.29) is 0 Å². The number of carbonyl (C=O) groups excluding carboxylic acids is 3. The van der Waals surface area contributed by atoms with Crippen LogP contribution in [-0.4, -0.2) is 39.7 Å². The molecule has 2 aromatic rings. The van der Waals surface area contributed by atoms with E-state index in [1.54, 1.807) is 6.08 Å². The van der Waals surface area contributed by atoms with Crippen LogP contribution >= 0.6 is 11.8 Å². The number of imide groups is 1. The molecular weight excluding hydrogens is 388 g/mol. The summed E-state index contributed by atoms with van der Waals surface area (Å²) in [5.74, 6) is -1.10. The monoisotopic (exact) mass is 412 g/mol. The van der Waals surface area contributed by atoms with Gasteiger partial charge in [0, 0.05) is 11.4 Å². The molecular formula is C22H24N2O4S. The first-order valence-corrected chi connectivity index (χ1v) is 10.1. The van der Waals surface area contributed by atoms with Crippen LogP contribution < -0.4 is 0 Å². The predicted molar refractivity (Wildman–Crippen MR) is 114 cm³/mol. The number of benzene rings is 1. The molecule has 152 valence electrons. The summed E-state index contributed by atoms with van der Waals surface area (Å²) in [4.78, 5) is 38.1. The third-order valence-electron chi connectivity index (χ3n) is 5.17. The Morgan fingerprint density at radius 1 is 1.14 bits per heavy atom. The lowest BCUT2D eigenvalue weighted by atomic mass is 10.1. The molecule has 0 radical (unpaired) electrons. The molecule has 2 heterocycles. The van der Waals surface area contributed by atoms with Crippen molar-refractivity contribution in [3.63, 3.8) is 0 Å². The summed E-state index contributed by atoms with van der Waals surface area (Å²) < 4.78 is 6.83. The molecule has 3 rings (SSSR count). The van der Waals surface area contributed by atoms with Crippen molar-refractivity contribution in [1.82, 2.24) is 9.47 Å². The fraction of sp³-hybridized carbons (Fsp3) is 0.318. The summed E-state index contributed by atoms with van der Waals surface area (Å²) in [7, 11) is 1.23. The average Bonchev–Trinajstić information content (AvgIpc) is 3.10. The molecule has 1 aromatic heterocycles. The van der Waals surface area contributed by atoms with Crippen LogP contribution in [0.5, 0.6) is 0 Å². The molecule has 1 fully saturated rings. The number of amides is 2. The Kier molecular flexibility index (Phi) is 5.71. The van der Waals surface area contributed by atoms with E-state index >= 15 is 0 Å². The number of hydrogen-bond acceptors (Lipinski definition) is 5. The zero-order valence-electron chi connectivity index (χ0n) is 17.4. The number of esters is 1. The van der Waals surface area contributed by atoms with Crippen LogP contribution in [0, 0.1) is 27.7 Å². The van der Waals surface area contributed by atoms with Gasteiger partial charge in [-0.3, -0.25) is 14.5 Å². The van der Waals surface area contributed by atoms with Gasteiger partial charge in [-0.25, -0.2) is 4.79 Å². The van der Waals surface area contributed by atoms with E-state index in [1.165, 1.54) is 14.0 Å². The Labute approximate surface area is 174 Å². The van der Waals surface area contributed by atoms with Crippen LogP contribution in [0.4, 0.5) is 4.79 Å². The van der Waals surface area contributed by atoms with Crippen molar-refractivity contribution in [3.05, 3.63) is 57.2 Å². The van der Waals surface area contributed by atoms with E-state index in [9.17, 15) is 14.4 Å². The maximum absolute atomic E-state index is 12.8. The summed E-state index contributed by atoms with van der Waals surface area (Å²) >= 11 is 0.840. The van der Waals surface area contributed by atoms with Gasteiger partial charge >= 0.3 is 5.97 Å². The van der Waals surface area contributed by atoms with E-state index < -0.39 is 23.2 Å². The quantitative estimate of drug-likeness (QED) is 0.553. The summed E-state index contributed by atoms with van der Waals surface area (Å²) in [6.45, 7) is 9.63. The summed E-state index contributed by atoms with van der Waals surface area (Å²) in [6.07, 6.45) is 1.72. The number of rotatable bonds is 4. The normalized spacial score (nSPS) is 16.6. The largest absolute Gasteiger partial charge is 0.467 e. The van der Waals surface area contributed by atoms with Gasteiger partial charge in [0.1, 0.15) is 6.04 Å². The minimum absolute atomic E-state index is 0.299. The van der Waals surface area contributed by atoms with Gasteiger partial charge < -0.3 is 9.30 Å². The van der Waals surface area contributed by atoms with Gasteiger partial charge in [-0.15, -0.1) is 0 Å².